The number of nitrogens with two attached hydrogens (primary N) is 1. The van der Waals surface area contributed by atoms with Crippen molar-refractivity contribution in [3.8, 4) is 5.75 Å². The molecule has 3 atom stereocenters. The van der Waals surface area contributed by atoms with E-state index in [1.807, 2.05) is 54.6 Å². The highest BCUT2D eigenvalue weighted by molar-refractivity contribution is 5.92. The van der Waals surface area contributed by atoms with Crippen molar-refractivity contribution >= 4 is 17.7 Å². The minimum Gasteiger partial charge on any atom is -0.489 e. The number of primary amides is 1. The van der Waals surface area contributed by atoms with E-state index in [-0.39, 0.29) is 24.9 Å². The smallest absolute Gasteiger partial charge is 0.245 e. The van der Waals surface area contributed by atoms with Crippen molar-refractivity contribution < 1.29 is 24.2 Å². The third kappa shape index (κ3) is 8.37. The normalized spacial score (nSPS) is 17.2. The monoisotopic (exact) mass is 494 g/mol. The first kappa shape index (κ1) is 27.2. The zero-order chi connectivity index (χ0) is 25.9. The van der Waals surface area contributed by atoms with Gasteiger partial charge in [0.25, 0.3) is 0 Å². The molecule has 1 heterocycles. The summed E-state index contributed by atoms with van der Waals surface area (Å²) >= 11 is 0. The van der Waals surface area contributed by atoms with Crippen molar-refractivity contribution in [2.45, 2.75) is 45.3 Å². The number of nitrogens with one attached hydrogen (secondary N) is 1. The van der Waals surface area contributed by atoms with Crippen LogP contribution in [-0.2, 0) is 27.4 Å². The Bertz CT molecular complexity index is 996. The fourth-order valence-electron chi connectivity index (χ4n) is 4.16. The average molecular weight is 495 g/mol. The molecule has 0 saturated carbocycles. The van der Waals surface area contributed by atoms with Crippen LogP contribution < -0.4 is 15.8 Å². The van der Waals surface area contributed by atoms with Gasteiger partial charge in [0.2, 0.25) is 17.7 Å². The van der Waals surface area contributed by atoms with E-state index in [1.165, 1.54) is 6.42 Å². The maximum atomic E-state index is 13.4. The quantitative estimate of drug-likeness (QED) is 0.418. The van der Waals surface area contributed by atoms with Crippen LogP contribution in [0.15, 0.2) is 54.6 Å². The lowest BCUT2D eigenvalue weighted by molar-refractivity contribution is -0.137. The van der Waals surface area contributed by atoms with Gasteiger partial charge in [-0.3, -0.25) is 14.4 Å². The van der Waals surface area contributed by atoms with Crippen LogP contribution in [0.25, 0.3) is 0 Å². The third-order valence-corrected chi connectivity index (χ3v) is 6.46. The van der Waals surface area contributed by atoms with Crippen LogP contribution in [0.2, 0.25) is 0 Å². The molecule has 4 N–H and O–H groups in total. The molecule has 0 bridgehead atoms. The van der Waals surface area contributed by atoms with Gasteiger partial charge < -0.3 is 25.8 Å². The number of ether oxygens (including phenoxy) is 1. The molecule has 2 aromatic carbocycles. The number of aliphatic hydroxyl groups is 1. The number of rotatable bonds is 12. The molecule has 0 aliphatic carbocycles. The van der Waals surface area contributed by atoms with E-state index in [4.69, 9.17) is 10.5 Å². The van der Waals surface area contributed by atoms with Crippen LogP contribution in [0.1, 0.15) is 37.3 Å². The number of aliphatic hydroxyl groups excluding tert-OH is 1. The van der Waals surface area contributed by atoms with Crippen LogP contribution in [-0.4, -0.2) is 53.5 Å². The Balaban J connectivity index is 1.65. The van der Waals surface area contributed by atoms with Gasteiger partial charge in [-0.25, -0.2) is 0 Å². The second kappa shape index (κ2) is 13.6. The van der Waals surface area contributed by atoms with Gasteiger partial charge in [-0.2, -0.15) is 0 Å². The van der Waals surface area contributed by atoms with Crippen molar-refractivity contribution in [3.63, 3.8) is 0 Å². The molecule has 8 heteroatoms. The van der Waals surface area contributed by atoms with Crippen LogP contribution >= 0.6 is 0 Å². The molecule has 1 saturated heterocycles. The Hall–Kier alpha value is -3.39. The Morgan fingerprint density at radius 2 is 1.86 bits per heavy atom. The van der Waals surface area contributed by atoms with E-state index in [0.29, 0.717) is 31.9 Å². The number of amides is 3. The highest BCUT2D eigenvalue weighted by Gasteiger charge is 2.30. The molecule has 0 spiro atoms. The molecule has 3 rings (SSSR count). The largest absolute Gasteiger partial charge is 0.489 e. The fourth-order valence-corrected chi connectivity index (χ4v) is 4.16. The number of piperidine rings is 1. The summed E-state index contributed by atoms with van der Waals surface area (Å²) in [5.41, 5.74) is 7.23. The number of carbonyl (C=O) groups excluding carboxylic acids is 3. The van der Waals surface area contributed by atoms with Crippen LogP contribution in [0.3, 0.4) is 0 Å². The molecule has 36 heavy (non-hydrogen) atoms. The Morgan fingerprint density at radius 1 is 1.14 bits per heavy atom. The second-order valence-electron chi connectivity index (χ2n) is 9.40. The highest BCUT2D eigenvalue weighted by Crippen LogP contribution is 2.19. The molecular weight excluding hydrogens is 458 g/mol. The molecule has 8 nitrogen and oxygen atoms in total. The zero-order valence-corrected chi connectivity index (χ0v) is 20.8. The molecule has 3 amide bonds. The topological polar surface area (TPSA) is 122 Å². The summed E-state index contributed by atoms with van der Waals surface area (Å²) in [5.74, 6) is -0.791. The lowest BCUT2D eigenvalue weighted by atomic mass is 9.97. The lowest BCUT2D eigenvalue weighted by Gasteiger charge is -2.34. The number of likely N-dealkylation sites (tertiary alicyclic amines) is 1. The van der Waals surface area contributed by atoms with Crippen molar-refractivity contribution in [1.29, 1.82) is 0 Å². The fraction of sp³-hybridized carbons (Fsp3) is 0.429. The third-order valence-electron chi connectivity index (χ3n) is 6.46. The lowest BCUT2D eigenvalue weighted by Crippen LogP contribution is -2.52. The van der Waals surface area contributed by atoms with E-state index in [2.05, 4.69) is 5.32 Å². The molecule has 1 aliphatic heterocycles. The minimum atomic E-state index is -0.772. The Kier molecular flexibility index (Phi) is 10.3. The number of hydrogen-bond acceptors (Lipinski definition) is 5. The predicted octanol–water partition coefficient (Wildman–Crippen LogP) is 2.24. The molecule has 2 aromatic rings. The summed E-state index contributed by atoms with van der Waals surface area (Å²) in [6.07, 6.45) is 3.56. The van der Waals surface area contributed by atoms with Gasteiger partial charge in [0.05, 0.1) is 6.42 Å². The summed E-state index contributed by atoms with van der Waals surface area (Å²) in [5, 5.41) is 12.4. The Labute approximate surface area is 212 Å². The van der Waals surface area contributed by atoms with Crippen molar-refractivity contribution in [1.82, 2.24) is 10.2 Å². The highest BCUT2D eigenvalue weighted by atomic mass is 16.5. The van der Waals surface area contributed by atoms with Crippen molar-refractivity contribution in [3.05, 3.63) is 72.1 Å². The number of nitrogens with zero attached hydrogens (tertiary/aromatic N) is 1. The van der Waals surface area contributed by atoms with Crippen LogP contribution in [0, 0.1) is 18.3 Å². The number of carbonyl (C=O) groups is 3. The molecule has 0 aromatic heterocycles. The minimum absolute atomic E-state index is 0.0318. The average Bonchev–Trinajstić information content (AvgIpc) is 2.91. The van der Waals surface area contributed by atoms with Gasteiger partial charge in [-0.05, 0) is 48.4 Å². The summed E-state index contributed by atoms with van der Waals surface area (Å²) in [6, 6.07) is 16.6. The molecule has 3 unspecified atom stereocenters. The Morgan fingerprint density at radius 3 is 2.53 bits per heavy atom. The molecule has 1 radical (unpaired) electrons. The SMILES string of the molecule is CC(C[CH]C(=O)NC(Cc1ccc(OCc2ccccc2)cc1)C(=O)N1CCCC(CO)C1)C(N)=O. The zero-order valence-electron chi connectivity index (χ0n) is 20.8. The maximum Gasteiger partial charge on any atom is 0.245 e. The van der Waals surface area contributed by atoms with E-state index >= 15 is 0 Å². The van der Waals surface area contributed by atoms with Gasteiger partial charge in [-0.15, -0.1) is 0 Å². The summed E-state index contributed by atoms with van der Waals surface area (Å²) in [6.45, 7) is 3.20. The molecule has 1 fully saturated rings. The van der Waals surface area contributed by atoms with E-state index in [9.17, 15) is 19.5 Å². The van der Waals surface area contributed by atoms with Gasteiger partial charge >= 0.3 is 0 Å². The number of benzene rings is 2. The standard InChI is InChI=1S/C28H36N3O5/c1-20(27(29)34)9-14-26(33)30-25(28(35)31-15-5-8-23(17-31)18-32)16-21-10-12-24(13-11-21)36-19-22-6-3-2-4-7-22/h2-4,6-7,10-14,20,23,25,32H,5,8-9,15-19H2,1H3,(H2,29,34)(H,30,33). The maximum absolute atomic E-state index is 13.4. The molecule has 193 valence electrons. The first-order valence-corrected chi connectivity index (χ1v) is 12.4. The van der Waals surface area contributed by atoms with Crippen molar-refractivity contribution in [2.24, 2.45) is 17.6 Å². The summed E-state index contributed by atoms with van der Waals surface area (Å²) in [7, 11) is 0. The molecular formula is C28H36N3O5. The van der Waals surface area contributed by atoms with Gasteiger partial charge in [0.1, 0.15) is 18.4 Å². The van der Waals surface area contributed by atoms with E-state index in [0.717, 1.165) is 24.0 Å². The van der Waals surface area contributed by atoms with E-state index < -0.39 is 23.8 Å². The first-order valence-electron chi connectivity index (χ1n) is 12.4. The van der Waals surface area contributed by atoms with E-state index in [1.54, 1.807) is 11.8 Å². The van der Waals surface area contributed by atoms with Crippen LogP contribution in [0.5, 0.6) is 5.75 Å². The van der Waals surface area contributed by atoms with Crippen molar-refractivity contribution in [2.75, 3.05) is 19.7 Å². The summed E-state index contributed by atoms with van der Waals surface area (Å²) < 4.78 is 5.85. The number of hydrogen-bond donors (Lipinski definition) is 3. The molecule has 1 aliphatic rings. The van der Waals surface area contributed by atoms with Gasteiger partial charge in [0, 0.05) is 32.0 Å². The predicted molar refractivity (Wildman–Crippen MR) is 137 cm³/mol. The van der Waals surface area contributed by atoms with Gasteiger partial charge in [0.15, 0.2) is 0 Å². The summed E-state index contributed by atoms with van der Waals surface area (Å²) in [4.78, 5) is 39.0. The second-order valence-corrected chi connectivity index (χ2v) is 9.40. The first-order chi connectivity index (χ1) is 17.4. The van der Waals surface area contributed by atoms with Crippen LogP contribution in [0.4, 0.5) is 0 Å². The van der Waals surface area contributed by atoms with Gasteiger partial charge in [-0.1, -0.05) is 49.4 Å².